The second-order valence-electron chi connectivity index (χ2n) is 7.87. The molecule has 0 bridgehead atoms. The topological polar surface area (TPSA) is 71.1 Å². The summed E-state index contributed by atoms with van der Waals surface area (Å²) in [5, 5.41) is 6.52. The van der Waals surface area contributed by atoms with Crippen molar-refractivity contribution in [2.45, 2.75) is 12.8 Å². The van der Waals surface area contributed by atoms with Crippen molar-refractivity contribution < 1.29 is 14.0 Å². The van der Waals surface area contributed by atoms with Crippen LogP contribution in [0, 0.1) is 11.7 Å². The number of rotatable bonds is 5. The summed E-state index contributed by atoms with van der Waals surface area (Å²) in [5.74, 6) is -0.436. The number of halogens is 1. The lowest BCUT2D eigenvalue weighted by molar-refractivity contribution is -0.117. The molecule has 1 saturated carbocycles. The molecule has 3 aromatic carbocycles. The van der Waals surface area contributed by atoms with Gasteiger partial charge in [-0.15, -0.1) is 0 Å². The zero-order chi connectivity index (χ0) is 22.1. The van der Waals surface area contributed by atoms with E-state index in [4.69, 9.17) is 0 Å². The molecule has 1 aliphatic carbocycles. The normalized spacial score (nSPS) is 13.0. The molecular formula is C26H20FN3O2. The number of hydrogen-bond acceptors (Lipinski definition) is 3. The number of pyridine rings is 1. The highest BCUT2D eigenvalue weighted by atomic mass is 19.1. The van der Waals surface area contributed by atoms with E-state index in [1.54, 1.807) is 42.5 Å². The SMILES string of the molecule is O=C(Nc1ccc(NC(=O)C2CC2)cc1)c1cc(-c2ccc(F)cc2)nc2ccccc12. The Balaban J connectivity index is 1.42. The lowest BCUT2D eigenvalue weighted by Gasteiger charge is -2.11. The van der Waals surface area contributed by atoms with Gasteiger partial charge in [0.25, 0.3) is 5.91 Å². The molecule has 5 nitrogen and oxygen atoms in total. The molecule has 0 radical (unpaired) electrons. The minimum atomic E-state index is -0.329. The van der Waals surface area contributed by atoms with Crippen molar-refractivity contribution in [2.24, 2.45) is 5.92 Å². The molecular weight excluding hydrogens is 405 g/mol. The third-order valence-electron chi connectivity index (χ3n) is 5.46. The molecule has 32 heavy (non-hydrogen) atoms. The predicted molar refractivity (Wildman–Crippen MR) is 123 cm³/mol. The van der Waals surface area contributed by atoms with Crippen LogP contribution >= 0.6 is 0 Å². The van der Waals surface area contributed by atoms with Gasteiger partial charge in [0.1, 0.15) is 5.82 Å². The van der Waals surface area contributed by atoms with Gasteiger partial charge in [-0.1, -0.05) is 18.2 Å². The van der Waals surface area contributed by atoms with Crippen LogP contribution < -0.4 is 10.6 Å². The van der Waals surface area contributed by atoms with Crippen molar-refractivity contribution in [3.8, 4) is 11.3 Å². The Bertz CT molecular complexity index is 1310. The van der Waals surface area contributed by atoms with Gasteiger partial charge in [0, 0.05) is 28.2 Å². The fourth-order valence-electron chi connectivity index (χ4n) is 3.56. The van der Waals surface area contributed by atoms with Gasteiger partial charge in [-0.2, -0.15) is 0 Å². The number of para-hydroxylation sites is 1. The Morgan fingerprint density at radius 3 is 2.19 bits per heavy atom. The monoisotopic (exact) mass is 425 g/mol. The number of fused-ring (bicyclic) bond motifs is 1. The van der Waals surface area contributed by atoms with Crippen molar-refractivity contribution >= 4 is 34.1 Å². The zero-order valence-corrected chi connectivity index (χ0v) is 17.1. The summed E-state index contributed by atoms with van der Waals surface area (Å²) in [4.78, 5) is 29.7. The number of benzene rings is 3. The van der Waals surface area contributed by atoms with Gasteiger partial charge in [0.05, 0.1) is 16.8 Å². The standard InChI is InChI=1S/C26H20FN3O2/c27-18-9-7-16(8-10-18)24-15-22(21-3-1-2-4-23(21)30-24)26(32)29-20-13-11-19(12-14-20)28-25(31)17-5-6-17/h1-4,7-15,17H,5-6H2,(H,28,31)(H,29,32). The first-order chi connectivity index (χ1) is 15.6. The molecule has 1 aromatic heterocycles. The first-order valence-corrected chi connectivity index (χ1v) is 10.4. The van der Waals surface area contributed by atoms with Crippen LogP contribution in [0.25, 0.3) is 22.2 Å². The maximum atomic E-state index is 13.3. The molecule has 0 spiro atoms. The number of amides is 2. The molecule has 2 amide bonds. The number of hydrogen-bond donors (Lipinski definition) is 2. The van der Waals surface area contributed by atoms with Crippen LogP contribution in [-0.4, -0.2) is 16.8 Å². The zero-order valence-electron chi connectivity index (χ0n) is 17.1. The maximum Gasteiger partial charge on any atom is 0.256 e. The average molecular weight is 425 g/mol. The molecule has 1 fully saturated rings. The van der Waals surface area contributed by atoms with Gasteiger partial charge in [0.15, 0.2) is 0 Å². The van der Waals surface area contributed by atoms with Crippen LogP contribution in [-0.2, 0) is 4.79 Å². The highest BCUT2D eigenvalue weighted by Gasteiger charge is 2.29. The molecule has 6 heteroatoms. The first kappa shape index (κ1) is 19.9. The summed E-state index contributed by atoms with van der Waals surface area (Å²) in [6.07, 6.45) is 1.89. The van der Waals surface area contributed by atoms with Crippen molar-refractivity contribution in [3.05, 3.63) is 90.2 Å². The quantitative estimate of drug-likeness (QED) is 0.435. The molecule has 2 N–H and O–H groups in total. The van der Waals surface area contributed by atoms with E-state index in [-0.39, 0.29) is 23.5 Å². The predicted octanol–water partition coefficient (Wildman–Crippen LogP) is 5.64. The number of nitrogens with zero attached hydrogens (tertiary/aromatic N) is 1. The summed E-state index contributed by atoms with van der Waals surface area (Å²) >= 11 is 0. The second-order valence-corrected chi connectivity index (χ2v) is 7.87. The average Bonchev–Trinajstić information content (AvgIpc) is 3.66. The summed E-state index contributed by atoms with van der Waals surface area (Å²) in [6, 6.07) is 22.2. The largest absolute Gasteiger partial charge is 0.326 e. The number of anilines is 2. The van der Waals surface area contributed by atoms with E-state index in [0.717, 1.165) is 23.8 Å². The summed E-state index contributed by atoms with van der Waals surface area (Å²) in [5.41, 5.74) is 3.78. The van der Waals surface area contributed by atoms with Crippen LogP contribution in [0.15, 0.2) is 78.9 Å². The number of carbonyl (C=O) groups is 2. The summed E-state index contributed by atoms with van der Waals surface area (Å²) < 4.78 is 13.3. The van der Waals surface area contributed by atoms with Crippen molar-refractivity contribution in [1.82, 2.24) is 4.98 Å². The third kappa shape index (κ3) is 4.21. The smallest absolute Gasteiger partial charge is 0.256 e. The Hall–Kier alpha value is -4.06. The Morgan fingerprint density at radius 2 is 1.50 bits per heavy atom. The number of carbonyl (C=O) groups excluding carboxylic acids is 2. The minimum absolute atomic E-state index is 0.0402. The lowest BCUT2D eigenvalue weighted by Crippen LogP contribution is -2.14. The van der Waals surface area contributed by atoms with Crippen molar-refractivity contribution in [1.29, 1.82) is 0 Å². The van der Waals surface area contributed by atoms with E-state index in [2.05, 4.69) is 15.6 Å². The highest BCUT2D eigenvalue weighted by Crippen LogP contribution is 2.30. The van der Waals surface area contributed by atoms with Gasteiger partial charge in [-0.25, -0.2) is 9.37 Å². The molecule has 1 aliphatic rings. The lowest BCUT2D eigenvalue weighted by atomic mass is 10.0. The maximum absolute atomic E-state index is 13.3. The molecule has 1 heterocycles. The van der Waals surface area contributed by atoms with Gasteiger partial charge < -0.3 is 10.6 Å². The van der Waals surface area contributed by atoms with Crippen LogP contribution in [0.2, 0.25) is 0 Å². The molecule has 158 valence electrons. The summed E-state index contributed by atoms with van der Waals surface area (Å²) in [6.45, 7) is 0. The van der Waals surface area contributed by atoms with Crippen molar-refractivity contribution in [3.63, 3.8) is 0 Å². The Kier molecular flexibility index (Phi) is 5.11. The van der Waals surface area contributed by atoms with Crippen molar-refractivity contribution in [2.75, 3.05) is 10.6 Å². The molecule has 0 aliphatic heterocycles. The molecule has 5 rings (SSSR count). The summed E-state index contributed by atoms with van der Waals surface area (Å²) in [7, 11) is 0. The van der Waals surface area contributed by atoms with Gasteiger partial charge in [-0.05, 0) is 73.5 Å². The molecule has 0 atom stereocenters. The van der Waals surface area contributed by atoms with Gasteiger partial charge >= 0.3 is 0 Å². The van der Waals surface area contributed by atoms with E-state index < -0.39 is 0 Å². The van der Waals surface area contributed by atoms with Crippen LogP contribution in [0.4, 0.5) is 15.8 Å². The fourth-order valence-corrected chi connectivity index (χ4v) is 3.56. The number of nitrogens with one attached hydrogen (secondary N) is 2. The van der Waals surface area contributed by atoms with E-state index >= 15 is 0 Å². The minimum Gasteiger partial charge on any atom is -0.326 e. The molecule has 4 aromatic rings. The van der Waals surface area contributed by atoms with E-state index in [1.165, 1.54) is 12.1 Å². The van der Waals surface area contributed by atoms with Gasteiger partial charge in [0.2, 0.25) is 5.91 Å². The second kappa shape index (κ2) is 8.23. The number of aromatic nitrogens is 1. The van der Waals surface area contributed by atoms with Crippen LogP contribution in [0.3, 0.4) is 0 Å². The van der Waals surface area contributed by atoms with Gasteiger partial charge in [-0.3, -0.25) is 9.59 Å². The van der Waals surface area contributed by atoms with Crippen LogP contribution in [0.1, 0.15) is 23.2 Å². The fraction of sp³-hybridized carbons (Fsp3) is 0.115. The Morgan fingerprint density at radius 1 is 0.844 bits per heavy atom. The van der Waals surface area contributed by atoms with E-state index in [0.29, 0.717) is 28.1 Å². The van der Waals surface area contributed by atoms with Crippen LogP contribution in [0.5, 0.6) is 0 Å². The molecule has 0 saturated heterocycles. The first-order valence-electron chi connectivity index (χ1n) is 10.4. The highest BCUT2D eigenvalue weighted by molar-refractivity contribution is 6.13. The van der Waals surface area contributed by atoms with E-state index in [1.807, 2.05) is 24.3 Å². The van der Waals surface area contributed by atoms with E-state index in [9.17, 15) is 14.0 Å². The Labute approximate surface area is 184 Å². The third-order valence-corrected chi connectivity index (χ3v) is 5.46. The molecule has 0 unspecified atom stereocenters.